The van der Waals surface area contributed by atoms with Gasteiger partial charge < -0.3 is 19.9 Å². The Morgan fingerprint density at radius 1 is 0.981 bits per heavy atom. The van der Waals surface area contributed by atoms with Gasteiger partial charge in [0, 0.05) is 48.2 Å². The van der Waals surface area contributed by atoms with Crippen LogP contribution in [0.5, 0.6) is 11.5 Å². The predicted molar refractivity (Wildman–Crippen MR) is 209 cm³/mol. The number of halogens is 1. The lowest BCUT2D eigenvalue weighted by Gasteiger charge is -2.27. The van der Waals surface area contributed by atoms with Crippen molar-refractivity contribution in [1.29, 1.82) is 5.26 Å². The molecule has 3 aliphatic rings. The zero-order chi connectivity index (χ0) is 37.4. The second-order valence-electron chi connectivity index (χ2n) is 14.1. The maximum atomic E-state index is 9.33. The smallest absolute Gasteiger partial charge is 0.290 e. The van der Waals surface area contributed by atoms with Crippen LogP contribution in [0.4, 0.5) is 0 Å². The minimum absolute atomic E-state index is 0.250. The lowest BCUT2D eigenvalue weighted by molar-refractivity contribution is -0.122. The summed E-state index contributed by atoms with van der Waals surface area (Å²) in [5, 5.41) is 20.4. The number of hydrogen-bond acceptors (Lipinski definition) is 9. The highest BCUT2D eigenvalue weighted by Crippen LogP contribution is 2.37. The van der Waals surface area contributed by atoms with Gasteiger partial charge in [-0.3, -0.25) is 19.7 Å². The molecule has 11 heteroatoms. The van der Waals surface area contributed by atoms with E-state index in [-0.39, 0.29) is 13.1 Å². The van der Waals surface area contributed by atoms with E-state index in [1.54, 1.807) is 18.5 Å². The van der Waals surface area contributed by atoms with Crippen molar-refractivity contribution in [2.24, 2.45) is 0 Å². The molecule has 2 N–H and O–H groups in total. The van der Waals surface area contributed by atoms with E-state index < -0.39 is 0 Å². The highest BCUT2D eigenvalue weighted by molar-refractivity contribution is 6.32. The van der Waals surface area contributed by atoms with E-state index in [9.17, 15) is 5.26 Å². The molecule has 0 spiro atoms. The molecule has 3 aliphatic heterocycles. The van der Waals surface area contributed by atoms with E-state index in [0.717, 1.165) is 81.9 Å². The highest BCUT2D eigenvalue weighted by atomic mass is 35.5. The number of aromatic nitrogens is 3. The summed E-state index contributed by atoms with van der Waals surface area (Å²) in [7, 11) is 0. The summed E-state index contributed by atoms with van der Waals surface area (Å²) in [4.78, 5) is 24.9. The number of carboxylic acid groups (broad SMARTS) is 1. The number of nitrogens with one attached hydrogen (secondary N) is 1. The Balaban J connectivity index is 0.00000145. The molecule has 8 rings (SSSR count). The van der Waals surface area contributed by atoms with Crippen molar-refractivity contribution >= 4 is 34.7 Å². The molecule has 3 aromatic carbocycles. The first-order valence-corrected chi connectivity index (χ1v) is 18.8. The second kappa shape index (κ2) is 17.2. The molecule has 10 nitrogen and oxygen atoms in total. The second-order valence-corrected chi connectivity index (χ2v) is 14.5. The van der Waals surface area contributed by atoms with Gasteiger partial charge in [0.1, 0.15) is 30.8 Å². The molecule has 5 aromatic rings. The van der Waals surface area contributed by atoms with Crippen LogP contribution < -0.4 is 14.8 Å². The van der Waals surface area contributed by atoms with Crippen LogP contribution in [0.1, 0.15) is 72.0 Å². The van der Waals surface area contributed by atoms with Gasteiger partial charge in [-0.2, -0.15) is 5.26 Å². The maximum Gasteiger partial charge on any atom is 0.290 e. The average molecular weight is 743 g/mol. The summed E-state index contributed by atoms with van der Waals surface area (Å²) in [6, 6.07) is 21.5. The number of fused-ring (bicyclic) bond motifs is 3. The molecule has 0 saturated carbocycles. The number of pyridine rings is 1. The van der Waals surface area contributed by atoms with Gasteiger partial charge in [-0.1, -0.05) is 48.4 Å². The van der Waals surface area contributed by atoms with Crippen LogP contribution in [-0.2, 0) is 24.6 Å². The molecule has 276 valence electrons. The average Bonchev–Trinajstić information content (AvgIpc) is 3.54. The lowest BCUT2D eigenvalue weighted by Crippen LogP contribution is -2.32. The number of rotatable bonds is 10. The summed E-state index contributed by atoms with van der Waals surface area (Å²) in [6.07, 6.45) is 14.6. The third-order valence-electron chi connectivity index (χ3n) is 10.4. The Morgan fingerprint density at radius 3 is 2.63 bits per heavy atom. The molecule has 0 amide bonds. The number of likely N-dealkylation sites (tertiary alicyclic amines) is 1. The van der Waals surface area contributed by atoms with Gasteiger partial charge in [0.05, 0.1) is 33.5 Å². The fourth-order valence-electron chi connectivity index (χ4n) is 7.64. The van der Waals surface area contributed by atoms with Crippen LogP contribution in [-0.4, -0.2) is 56.6 Å². The molecule has 2 bridgehead atoms. The molecule has 5 heterocycles. The number of carbonyl (C=O) groups is 1. The van der Waals surface area contributed by atoms with Crippen molar-refractivity contribution in [3.8, 4) is 28.7 Å². The van der Waals surface area contributed by atoms with Crippen LogP contribution in [0.25, 0.3) is 27.7 Å². The van der Waals surface area contributed by atoms with Crippen LogP contribution in [0, 0.1) is 18.3 Å². The first-order valence-electron chi connectivity index (χ1n) is 18.5. The Labute approximate surface area is 320 Å². The van der Waals surface area contributed by atoms with Gasteiger partial charge in [-0.15, -0.1) is 0 Å². The van der Waals surface area contributed by atoms with Crippen LogP contribution in [0.15, 0.2) is 79.3 Å². The first-order chi connectivity index (χ1) is 26.4. The van der Waals surface area contributed by atoms with Gasteiger partial charge in [-0.05, 0) is 104 Å². The van der Waals surface area contributed by atoms with Gasteiger partial charge in [-0.25, -0.2) is 4.98 Å². The third kappa shape index (κ3) is 8.71. The summed E-state index contributed by atoms with van der Waals surface area (Å²) in [6.45, 7) is 5.38. The third-order valence-corrected chi connectivity index (χ3v) is 10.7. The standard InChI is InChI=1S/C42H41ClN6O2.CH2O2/c1-27-31(6-5-7-36(27)30-8-11-38-39(18-30)48-40(23-46-38)32-15-34-9-10-35(16-32)47-34)26-51-42-19-41(50-25-29-14-28(20-44)21-45-22-29)33(17-37(42)43)24-49-12-3-2-4-13-49;2-1-3/h5-8,11,14-15,17-19,21-23,34-35,47H,2-4,9-10,12-13,16,24-26H2,1H3;1H,(H,2,3). The first kappa shape index (κ1) is 37.0. The van der Waals surface area contributed by atoms with Crippen LogP contribution >= 0.6 is 11.6 Å². The van der Waals surface area contributed by atoms with Crippen molar-refractivity contribution in [3.05, 3.63) is 118 Å². The van der Waals surface area contributed by atoms with Gasteiger partial charge >= 0.3 is 0 Å². The minimum atomic E-state index is -0.250. The maximum absolute atomic E-state index is 9.33. The zero-order valence-electron chi connectivity index (χ0n) is 30.3. The lowest BCUT2D eigenvalue weighted by atomic mass is 9.96. The Bertz CT molecular complexity index is 2210. The topological polar surface area (TPSA) is 133 Å². The van der Waals surface area contributed by atoms with E-state index in [4.69, 9.17) is 40.9 Å². The van der Waals surface area contributed by atoms with E-state index >= 15 is 0 Å². The van der Waals surface area contributed by atoms with E-state index in [0.29, 0.717) is 35.0 Å². The Morgan fingerprint density at radius 2 is 1.81 bits per heavy atom. The van der Waals surface area contributed by atoms with E-state index in [2.05, 4.69) is 70.7 Å². The van der Waals surface area contributed by atoms with Crippen LogP contribution in [0.3, 0.4) is 0 Å². The fraction of sp³-hybridized carbons (Fsp3) is 0.326. The number of hydrogen-bond donors (Lipinski definition) is 2. The predicted octanol–water partition coefficient (Wildman–Crippen LogP) is 8.28. The number of ether oxygens (including phenoxy) is 2. The van der Waals surface area contributed by atoms with Crippen molar-refractivity contribution < 1.29 is 19.4 Å². The SMILES string of the molecule is Cc1c(COc2cc(OCc3cncc(C#N)c3)c(CN3CCCCC3)cc2Cl)cccc1-c1ccc2ncc(C3=CC4CCC(C3)N4)nc2c1.O=CO. The number of benzene rings is 3. The molecule has 2 fully saturated rings. The van der Waals surface area contributed by atoms with Crippen molar-refractivity contribution in [1.82, 2.24) is 25.2 Å². The summed E-state index contributed by atoms with van der Waals surface area (Å²) < 4.78 is 12.8. The summed E-state index contributed by atoms with van der Waals surface area (Å²) >= 11 is 6.89. The van der Waals surface area contributed by atoms with Crippen molar-refractivity contribution in [2.75, 3.05) is 13.1 Å². The van der Waals surface area contributed by atoms with Gasteiger partial charge in [0.15, 0.2) is 0 Å². The molecule has 54 heavy (non-hydrogen) atoms. The summed E-state index contributed by atoms with van der Waals surface area (Å²) in [5.41, 5.74) is 10.8. The van der Waals surface area contributed by atoms with Crippen molar-refractivity contribution in [3.63, 3.8) is 0 Å². The molecular weight excluding hydrogens is 700 g/mol. The molecule has 0 aliphatic carbocycles. The van der Waals surface area contributed by atoms with Crippen molar-refractivity contribution in [2.45, 2.75) is 77.3 Å². The largest absolute Gasteiger partial charge is 0.488 e. The monoisotopic (exact) mass is 742 g/mol. The minimum Gasteiger partial charge on any atom is -0.488 e. The zero-order valence-corrected chi connectivity index (χ0v) is 31.1. The molecule has 2 saturated heterocycles. The number of piperidine rings is 1. The fourth-order valence-corrected chi connectivity index (χ4v) is 7.88. The Kier molecular flexibility index (Phi) is 11.8. The Hall–Kier alpha value is -5.34. The summed E-state index contributed by atoms with van der Waals surface area (Å²) in [5.74, 6) is 1.29. The molecular formula is C43H43ClN6O4. The van der Waals surface area contributed by atoms with E-state index in [1.807, 2.05) is 18.3 Å². The molecule has 2 atom stereocenters. The number of nitrogens with zero attached hydrogens (tertiary/aromatic N) is 5. The van der Waals surface area contributed by atoms with Gasteiger partial charge in [0.2, 0.25) is 0 Å². The molecule has 2 aromatic heterocycles. The van der Waals surface area contributed by atoms with Crippen LogP contribution in [0.2, 0.25) is 5.02 Å². The quantitative estimate of drug-likeness (QED) is 0.135. The molecule has 2 unspecified atom stereocenters. The highest BCUT2D eigenvalue weighted by Gasteiger charge is 2.29. The number of nitriles is 1. The van der Waals surface area contributed by atoms with Gasteiger partial charge in [0.25, 0.3) is 6.47 Å². The normalized spacial score (nSPS) is 17.9. The van der Waals surface area contributed by atoms with E-state index in [1.165, 1.54) is 37.7 Å². The molecule has 0 radical (unpaired) electrons.